The number of nitrogens with zero attached hydrogens (tertiary/aromatic N) is 2. The number of hydrogen-bond acceptors (Lipinski definition) is 4. The van der Waals surface area contributed by atoms with Crippen LogP contribution >= 0.6 is 0 Å². The Morgan fingerprint density at radius 2 is 1.40 bits per heavy atom. The summed E-state index contributed by atoms with van der Waals surface area (Å²) >= 11 is 0. The van der Waals surface area contributed by atoms with Crippen LogP contribution in [0.25, 0.3) is 0 Å². The molecule has 0 aliphatic rings. The monoisotopic (exact) mass is 629 g/mol. The highest BCUT2D eigenvalue weighted by Crippen LogP contribution is 2.27. The lowest BCUT2D eigenvalue weighted by Gasteiger charge is -2.34. The highest BCUT2D eigenvalue weighted by molar-refractivity contribution is 7.92. The molecule has 4 aromatic rings. The summed E-state index contributed by atoms with van der Waals surface area (Å²) in [5.41, 5.74) is 3.86. The molecule has 0 radical (unpaired) electrons. The van der Waals surface area contributed by atoms with E-state index in [-0.39, 0.29) is 29.5 Å². The van der Waals surface area contributed by atoms with Gasteiger partial charge in [-0.3, -0.25) is 13.9 Å². The SMILES string of the molecule is Cc1ccc(S(=O)(=O)N(CC(=O)N(Cc2ccccc2F)C(Cc2ccccc2)C(=O)NC(C)C)c2cc(C)cc(C)c2)cc1. The summed E-state index contributed by atoms with van der Waals surface area (Å²) in [4.78, 5) is 29.5. The van der Waals surface area contributed by atoms with Crippen LogP contribution in [0.15, 0.2) is 102 Å². The van der Waals surface area contributed by atoms with Crippen molar-refractivity contribution in [3.05, 3.63) is 131 Å². The van der Waals surface area contributed by atoms with Crippen LogP contribution in [0.1, 0.15) is 41.7 Å². The van der Waals surface area contributed by atoms with Crippen LogP contribution in [0.2, 0.25) is 0 Å². The van der Waals surface area contributed by atoms with Gasteiger partial charge >= 0.3 is 0 Å². The largest absolute Gasteiger partial charge is 0.352 e. The predicted molar refractivity (Wildman–Crippen MR) is 176 cm³/mol. The highest BCUT2D eigenvalue weighted by Gasteiger charge is 2.35. The molecule has 0 bridgehead atoms. The van der Waals surface area contributed by atoms with Crippen molar-refractivity contribution in [3.8, 4) is 0 Å². The van der Waals surface area contributed by atoms with Crippen molar-refractivity contribution in [1.29, 1.82) is 0 Å². The third-order valence-corrected chi connectivity index (χ3v) is 9.17. The second kappa shape index (κ2) is 14.5. The van der Waals surface area contributed by atoms with E-state index in [1.54, 1.807) is 42.5 Å². The molecule has 0 aromatic heterocycles. The second-order valence-electron chi connectivity index (χ2n) is 11.7. The van der Waals surface area contributed by atoms with Crippen LogP contribution in [0.5, 0.6) is 0 Å². The fourth-order valence-electron chi connectivity index (χ4n) is 5.21. The number of amides is 2. The maximum atomic E-state index is 15.0. The molecule has 1 N–H and O–H groups in total. The van der Waals surface area contributed by atoms with E-state index in [2.05, 4.69) is 5.32 Å². The lowest BCUT2D eigenvalue weighted by atomic mass is 10.0. The number of sulfonamides is 1. The first-order valence-electron chi connectivity index (χ1n) is 14.9. The molecule has 0 fully saturated rings. The Bertz CT molecular complexity index is 1720. The summed E-state index contributed by atoms with van der Waals surface area (Å²) in [6.45, 7) is 8.36. The first-order valence-corrected chi connectivity index (χ1v) is 16.3. The number of carbonyl (C=O) groups excluding carboxylic acids is 2. The van der Waals surface area contributed by atoms with Gasteiger partial charge in [-0.25, -0.2) is 12.8 Å². The summed E-state index contributed by atoms with van der Waals surface area (Å²) in [7, 11) is -4.23. The number of benzene rings is 4. The lowest BCUT2D eigenvalue weighted by molar-refractivity contribution is -0.140. The zero-order valence-corrected chi connectivity index (χ0v) is 27.1. The van der Waals surface area contributed by atoms with Crippen LogP contribution in [0.4, 0.5) is 10.1 Å². The molecule has 0 saturated carbocycles. The first kappa shape index (κ1) is 33.4. The fourth-order valence-corrected chi connectivity index (χ4v) is 6.60. The predicted octanol–water partition coefficient (Wildman–Crippen LogP) is 6.11. The third-order valence-electron chi connectivity index (χ3n) is 7.38. The number of halogens is 1. The molecule has 0 aliphatic heterocycles. The third kappa shape index (κ3) is 8.57. The van der Waals surface area contributed by atoms with Gasteiger partial charge in [-0.2, -0.15) is 0 Å². The van der Waals surface area contributed by atoms with Crippen LogP contribution in [0.3, 0.4) is 0 Å². The molecule has 1 atom stereocenters. The van der Waals surface area contributed by atoms with Crippen LogP contribution in [-0.4, -0.2) is 43.8 Å². The van der Waals surface area contributed by atoms with E-state index in [9.17, 15) is 18.0 Å². The van der Waals surface area contributed by atoms with Gasteiger partial charge in [-0.1, -0.05) is 72.3 Å². The molecule has 2 amide bonds. The van der Waals surface area contributed by atoms with Gasteiger partial charge in [-0.05, 0) is 81.6 Å². The highest BCUT2D eigenvalue weighted by atomic mass is 32.2. The summed E-state index contributed by atoms with van der Waals surface area (Å²) in [5, 5.41) is 2.90. The van der Waals surface area contributed by atoms with Crippen LogP contribution in [-0.2, 0) is 32.6 Å². The number of rotatable bonds is 12. The van der Waals surface area contributed by atoms with Crippen molar-refractivity contribution < 1.29 is 22.4 Å². The Labute approximate surface area is 265 Å². The van der Waals surface area contributed by atoms with Gasteiger partial charge in [0.2, 0.25) is 11.8 Å². The summed E-state index contributed by atoms with van der Waals surface area (Å²) in [5.74, 6) is -1.60. The second-order valence-corrected chi connectivity index (χ2v) is 13.5. The van der Waals surface area contributed by atoms with Crippen molar-refractivity contribution >= 4 is 27.5 Å². The first-order chi connectivity index (χ1) is 21.3. The minimum absolute atomic E-state index is 0.0269. The minimum Gasteiger partial charge on any atom is -0.352 e. The molecule has 0 spiro atoms. The van der Waals surface area contributed by atoms with Gasteiger partial charge in [0, 0.05) is 24.6 Å². The van der Waals surface area contributed by atoms with Gasteiger partial charge in [0.15, 0.2) is 0 Å². The van der Waals surface area contributed by atoms with E-state index >= 15 is 4.39 Å². The molecule has 1 unspecified atom stereocenters. The standard InChI is InChI=1S/C36H40FN3O4S/c1-25(2)38-36(42)34(22-29-11-7-6-8-12-29)39(23-30-13-9-10-14-33(30)37)35(41)24-40(31-20-27(4)19-28(5)21-31)45(43,44)32-17-15-26(3)16-18-32/h6-21,25,34H,22-24H2,1-5H3,(H,38,42). The summed E-state index contributed by atoms with van der Waals surface area (Å²) < 4.78 is 44.5. The van der Waals surface area contributed by atoms with E-state index in [0.29, 0.717) is 5.69 Å². The summed E-state index contributed by atoms with van der Waals surface area (Å²) in [6.07, 6.45) is 0.147. The average Bonchev–Trinajstić information content (AvgIpc) is 2.98. The average molecular weight is 630 g/mol. The Balaban J connectivity index is 1.84. The molecular formula is C36H40FN3O4S. The molecule has 0 heterocycles. The van der Waals surface area contributed by atoms with E-state index < -0.39 is 40.2 Å². The molecular weight excluding hydrogens is 589 g/mol. The Morgan fingerprint density at radius 3 is 2.00 bits per heavy atom. The van der Waals surface area contributed by atoms with E-state index in [4.69, 9.17) is 0 Å². The zero-order chi connectivity index (χ0) is 32.7. The topological polar surface area (TPSA) is 86.8 Å². The molecule has 45 heavy (non-hydrogen) atoms. The molecule has 9 heteroatoms. The normalized spacial score (nSPS) is 12.1. The number of hydrogen-bond donors (Lipinski definition) is 1. The minimum atomic E-state index is -4.23. The molecule has 4 rings (SSSR count). The van der Waals surface area contributed by atoms with Crippen molar-refractivity contribution in [2.24, 2.45) is 0 Å². The quantitative estimate of drug-likeness (QED) is 0.205. The molecule has 4 aromatic carbocycles. The van der Waals surface area contributed by atoms with Crippen molar-refractivity contribution in [3.63, 3.8) is 0 Å². The lowest BCUT2D eigenvalue weighted by Crippen LogP contribution is -2.54. The molecule has 0 aliphatic carbocycles. The zero-order valence-electron chi connectivity index (χ0n) is 26.3. The van der Waals surface area contributed by atoms with Gasteiger partial charge < -0.3 is 10.2 Å². The van der Waals surface area contributed by atoms with E-state index in [0.717, 1.165) is 26.6 Å². The van der Waals surface area contributed by atoms with Gasteiger partial charge in [0.05, 0.1) is 10.6 Å². The van der Waals surface area contributed by atoms with E-state index in [1.165, 1.54) is 23.1 Å². The van der Waals surface area contributed by atoms with Crippen molar-refractivity contribution in [2.75, 3.05) is 10.8 Å². The van der Waals surface area contributed by atoms with Crippen LogP contribution in [0, 0.1) is 26.6 Å². The van der Waals surface area contributed by atoms with Gasteiger partial charge in [-0.15, -0.1) is 0 Å². The number of carbonyl (C=O) groups is 2. The summed E-state index contributed by atoms with van der Waals surface area (Å²) in [6, 6.07) is 25.8. The number of nitrogens with one attached hydrogen (secondary N) is 1. The molecule has 236 valence electrons. The van der Waals surface area contributed by atoms with Crippen molar-refractivity contribution in [1.82, 2.24) is 10.2 Å². The van der Waals surface area contributed by atoms with Crippen molar-refractivity contribution in [2.45, 2.75) is 64.6 Å². The van der Waals surface area contributed by atoms with Gasteiger partial charge in [0.25, 0.3) is 10.0 Å². The Kier molecular flexibility index (Phi) is 10.8. The fraction of sp³-hybridized carbons (Fsp3) is 0.278. The maximum Gasteiger partial charge on any atom is 0.264 e. The maximum absolute atomic E-state index is 15.0. The Morgan fingerprint density at radius 1 is 0.800 bits per heavy atom. The molecule has 7 nitrogen and oxygen atoms in total. The number of aryl methyl sites for hydroxylation is 3. The number of anilines is 1. The van der Waals surface area contributed by atoms with E-state index in [1.807, 2.05) is 71.0 Å². The van der Waals surface area contributed by atoms with Crippen LogP contribution < -0.4 is 9.62 Å². The Hall–Kier alpha value is -4.50. The van der Waals surface area contributed by atoms with Gasteiger partial charge in [0.1, 0.15) is 18.4 Å². The smallest absolute Gasteiger partial charge is 0.264 e. The molecule has 0 saturated heterocycles.